The zero-order valence-electron chi connectivity index (χ0n) is 14.0. The first-order valence-corrected chi connectivity index (χ1v) is 7.95. The van der Waals surface area contributed by atoms with Crippen LogP contribution < -0.4 is 10.6 Å². The summed E-state index contributed by atoms with van der Waals surface area (Å²) in [6.07, 6.45) is 2.55. The fourth-order valence-corrected chi connectivity index (χ4v) is 2.14. The molecule has 1 amide bonds. The third-order valence-corrected chi connectivity index (χ3v) is 3.43. The summed E-state index contributed by atoms with van der Waals surface area (Å²) >= 11 is 0. The van der Waals surface area contributed by atoms with Crippen molar-refractivity contribution in [2.75, 3.05) is 11.9 Å². The van der Waals surface area contributed by atoms with Gasteiger partial charge in [-0.3, -0.25) is 4.79 Å². The number of aromatic nitrogens is 2. The maximum absolute atomic E-state index is 12.1. The molecule has 0 fully saturated rings. The van der Waals surface area contributed by atoms with Crippen LogP contribution >= 0.6 is 0 Å². The van der Waals surface area contributed by atoms with Gasteiger partial charge < -0.3 is 10.6 Å². The minimum Gasteiger partial charge on any atom is -0.351 e. The van der Waals surface area contributed by atoms with E-state index in [-0.39, 0.29) is 5.91 Å². The Hall–Kier alpha value is -2.43. The lowest BCUT2D eigenvalue weighted by atomic mass is 10.1. The molecule has 0 saturated heterocycles. The summed E-state index contributed by atoms with van der Waals surface area (Å²) in [5.74, 6) is 0.863. The van der Waals surface area contributed by atoms with Crippen molar-refractivity contribution in [2.45, 2.75) is 33.7 Å². The Morgan fingerprint density at radius 1 is 1.26 bits per heavy atom. The molecule has 122 valence electrons. The number of hydrogen-bond donors (Lipinski definition) is 2. The Labute approximate surface area is 137 Å². The van der Waals surface area contributed by atoms with Crippen LogP contribution in [0.5, 0.6) is 0 Å². The van der Waals surface area contributed by atoms with E-state index in [0.29, 0.717) is 30.6 Å². The second-order valence-corrected chi connectivity index (χ2v) is 6.05. The van der Waals surface area contributed by atoms with Gasteiger partial charge in [0, 0.05) is 19.3 Å². The number of amides is 1. The summed E-state index contributed by atoms with van der Waals surface area (Å²) in [5.41, 5.74) is 2.75. The Bertz CT molecular complexity index is 655. The summed E-state index contributed by atoms with van der Waals surface area (Å²) in [6.45, 7) is 7.60. The van der Waals surface area contributed by atoms with Crippen LogP contribution in [-0.4, -0.2) is 22.4 Å². The van der Waals surface area contributed by atoms with Crippen LogP contribution in [-0.2, 0) is 6.54 Å². The highest BCUT2D eigenvalue weighted by Gasteiger charge is 2.08. The van der Waals surface area contributed by atoms with Crippen LogP contribution in [0, 0.1) is 12.8 Å². The van der Waals surface area contributed by atoms with Gasteiger partial charge in [-0.1, -0.05) is 43.7 Å². The first-order valence-electron chi connectivity index (χ1n) is 7.95. The Kier molecular flexibility index (Phi) is 6.09. The first-order chi connectivity index (χ1) is 11.0. The van der Waals surface area contributed by atoms with E-state index in [1.165, 1.54) is 5.56 Å². The minimum absolute atomic E-state index is 0.161. The molecule has 0 saturated carbocycles. The number of rotatable bonds is 7. The molecule has 0 aliphatic rings. The number of hydrogen-bond acceptors (Lipinski definition) is 4. The molecular weight excluding hydrogens is 288 g/mol. The highest BCUT2D eigenvalue weighted by atomic mass is 16.1. The van der Waals surface area contributed by atoms with Gasteiger partial charge in [-0.15, -0.1) is 0 Å². The third kappa shape index (κ3) is 5.70. The van der Waals surface area contributed by atoms with Gasteiger partial charge in [0.15, 0.2) is 0 Å². The van der Waals surface area contributed by atoms with E-state index in [0.717, 1.165) is 12.0 Å². The molecule has 0 atom stereocenters. The van der Waals surface area contributed by atoms with E-state index in [1.807, 2.05) is 12.1 Å². The van der Waals surface area contributed by atoms with Crippen LogP contribution in [0.15, 0.2) is 36.5 Å². The monoisotopic (exact) mass is 312 g/mol. The van der Waals surface area contributed by atoms with Gasteiger partial charge in [-0.25, -0.2) is 9.97 Å². The van der Waals surface area contributed by atoms with Crippen LogP contribution in [0.2, 0.25) is 0 Å². The number of carbonyl (C=O) groups excluding carboxylic acids is 1. The van der Waals surface area contributed by atoms with Gasteiger partial charge >= 0.3 is 0 Å². The molecule has 0 aliphatic carbocycles. The van der Waals surface area contributed by atoms with E-state index < -0.39 is 0 Å². The fraction of sp³-hybridized carbons (Fsp3) is 0.389. The Morgan fingerprint density at radius 2 is 2.09 bits per heavy atom. The largest absolute Gasteiger partial charge is 0.351 e. The van der Waals surface area contributed by atoms with Gasteiger partial charge in [0.25, 0.3) is 5.91 Å². The second kappa shape index (κ2) is 8.27. The zero-order valence-corrected chi connectivity index (χ0v) is 14.0. The predicted octanol–water partition coefficient (Wildman–Crippen LogP) is 3.17. The molecule has 2 rings (SSSR count). The summed E-state index contributed by atoms with van der Waals surface area (Å²) in [5, 5.41) is 6.04. The molecule has 0 radical (unpaired) electrons. The lowest BCUT2D eigenvalue weighted by molar-refractivity contribution is 0.0947. The number of nitrogens with zero attached hydrogens (tertiary/aromatic N) is 2. The maximum Gasteiger partial charge on any atom is 0.270 e. The van der Waals surface area contributed by atoms with Crippen molar-refractivity contribution < 1.29 is 4.79 Å². The summed E-state index contributed by atoms with van der Waals surface area (Å²) in [7, 11) is 0. The number of nitrogens with one attached hydrogen (secondary N) is 2. The molecule has 1 aromatic heterocycles. The SMILES string of the molecule is Cc1cccc(CNc2nccc(C(=O)NCCC(C)C)n2)c1. The van der Waals surface area contributed by atoms with E-state index in [9.17, 15) is 4.79 Å². The maximum atomic E-state index is 12.1. The van der Waals surface area contributed by atoms with Gasteiger partial charge in [-0.2, -0.15) is 0 Å². The van der Waals surface area contributed by atoms with Crippen LogP contribution in [0.3, 0.4) is 0 Å². The van der Waals surface area contributed by atoms with E-state index in [1.54, 1.807) is 12.3 Å². The van der Waals surface area contributed by atoms with Crippen molar-refractivity contribution in [1.29, 1.82) is 0 Å². The molecule has 1 heterocycles. The lowest BCUT2D eigenvalue weighted by Gasteiger charge is -2.09. The van der Waals surface area contributed by atoms with E-state index in [2.05, 4.69) is 53.5 Å². The number of aryl methyl sites for hydroxylation is 1. The normalized spacial score (nSPS) is 10.6. The number of carbonyl (C=O) groups is 1. The highest BCUT2D eigenvalue weighted by molar-refractivity contribution is 5.92. The van der Waals surface area contributed by atoms with Gasteiger partial charge in [0.05, 0.1) is 0 Å². The smallest absolute Gasteiger partial charge is 0.270 e. The molecule has 0 bridgehead atoms. The van der Waals surface area contributed by atoms with Crippen molar-refractivity contribution in [1.82, 2.24) is 15.3 Å². The topological polar surface area (TPSA) is 66.9 Å². The van der Waals surface area contributed by atoms with Crippen molar-refractivity contribution in [2.24, 2.45) is 5.92 Å². The summed E-state index contributed by atoms with van der Waals surface area (Å²) in [4.78, 5) is 20.5. The van der Waals surface area contributed by atoms with Crippen molar-refractivity contribution in [3.05, 3.63) is 53.3 Å². The van der Waals surface area contributed by atoms with Crippen molar-refractivity contribution in [3.63, 3.8) is 0 Å². The summed E-state index contributed by atoms with van der Waals surface area (Å²) in [6, 6.07) is 9.86. The third-order valence-electron chi connectivity index (χ3n) is 3.43. The van der Waals surface area contributed by atoms with E-state index >= 15 is 0 Å². The molecule has 0 spiro atoms. The zero-order chi connectivity index (χ0) is 16.7. The van der Waals surface area contributed by atoms with Gasteiger partial charge in [0.2, 0.25) is 5.95 Å². The number of anilines is 1. The van der Waals surface area contributed by atoms with E-state index in [4.69, 9.17) is 0 Å². The Balaban J connectivity index is 1.92. The standard InChI is InChI=1S/C18H24N4O/c1-13(2)7-9-19-17(23)16-8-10-20-18(22-16)21-12-15-6-4-5-14(3)11-15/h4-6,8,10-11,13H,7,9,12H2,1-3H3,(H,19,23)(H,20,21,22). The molecular formula is C18H24N4O. The molecule has 1 aromatic carbocycles. The fourth-order valence-electron chi connectivity index (χ4n) is 2.14. The van der Waals surface area contributed by atoms with Crippen LogP contribution in [0.1, 0.15) is 41.9 Å². The molecule has 0 unspecified atom stereocenters. The number of benzene rings is 1. The average Bonchev–Trinajstić information content (AvgIpc) is 2.53. The molecule has 0 aliphatic heterocycles. The quantitative estimate of drug-likeness (QED) is 0.824. The highest BCUT2D eigenvalue weighted by Crippen LogP contribution is 2.07. The van der Waals surface area contributed by atoms with Crippen molar-refractivity contribution >= 4 is 11.9 Å². The minimum atomic E-state index is -0.161. The Morgan fingerprint density at radius 3 is 2.83 bits per heavy atom. The average molecular weight is 312 g/mol. The second-order valence-electron chi connectivity index (χ2n) is 6.05. The molecule has 2 N–H and O–H groups in total. The van der Waals surface area contributed by atoms with Gasteiger partial charge in [0.1, 0.15) is 5.69 Å². The predicted molar refractivity (Wildman–Crippen MR) is 92.3 cm³/mol. The van der Waals surface area contributed by atoms with Crippen LogP contribution in [0.4, 0.5) is 5.95 Å². The first kappa shape index (κ1) is 16.9. The molecule has 5 nitrogen and oxygen atoms in total. The summed E-state index contributed by atoms with van der Waals surface area (Å²) < 4.78 is 0. The lowest BCUT2D eigenvalue weighted by Crippen LogP contribution is -2.26. The molecule has 2 aromatic rings. The van der Waals surface area contributed by atoms with Gasteiger partial charge in [-0.05, 0) is 30.9 Å². The molecule has 5 heteroatoms. The van der Waals surface area contributed by atoms with Crippen LogP contribution in [0.25, 0.3) is 0 Å². The molecule has 23 heavy (non-hydrogen) atoms. The van der Waals surface area contributed by atoms with Crippen molar-refractivity contribution in [3.8, 4) is 0 Å².